The first-order valence-corrected chi connectivity index (χ1v) is 9.11. The van der Waals surface area contributed by atoms with Crippen molar-refractivity contribution >= 4 is 11.6 Å². The molecule has 1 N–H and O–H groups in total. The Bertz CT molecular complexity index is 1140. The van der Waals surface area contributed by atoms with Crippen LogP contribution in [0.4, 0.5) is 5.69 Å². The zero-order valence-corrected chi connectivity index (χ0v) is 16.1. The van der Waals surface area contributed by atoms with Crippen molar-refractivity contribution in [3.05, 3.63) is 89.3 Å². The molecule has 0 saturated heterocycles. The van der Waals surface area contributed by atoms with Crippen LogP contribution in [0, 0.1) is 20.8 Å². The molecule has 2 aromatic heterocycles. The van der Waals surface area contributed by atoms with E-state index in [1.54, 1.807) is 23.1 Å². The van der Waals surface area contributed by atoms with Crippen molar-refractivity contribution in [2.24, 2.45) is 0 Å². The maximum Gasteiger partial charge on any atom is 0.274 e. The summed E-state index contributed by atoms with van der Waals surface area (Å²) < 4.78 is 7.12. The monoisotopic (exact) mass is 371 g/mol. The van der Waals surface area contributed by atoms with E-state index in [1.165, 1.54) is 5.56 Å². The van der Waals surface area contributed by atoms with E-state index in [1.807, 2.05) is 69.3 Å². The summed E-state index contributed by atoms with van der Waals surface area (Å²) in [6, 6.07) is 19.1. The Morgan fingerprint density at radius 1 is 0.964 bits per heavy atom. The molecule has 4 aromatic rings. The third kappa shape index (κ3) is 3.47. The molecule has 5 nitrogen and oxygen atoms in total. The fourth-order valence-corrected chi connectivity index (χ4v) is 3.06. The number of nitrogens with zero attached hydrogens (tertiary/aromatic N) is 2. The second-order valence-electron chi connectivity index (χ2n) is 6.90. The molecule has 2 heterocycles. The summed E-state index contributed by atoms with van der Waals surface area (Å²) in [6.45, 7) is 6.08. The molecule has 0 aliphatic carbocycles. The fourth-order valence-electron chi connectivity index (χ4n) is 3.06. The molecule has 0 fully saturated rings. The molecule has 0 spiro atoms. The van der Waals surface area contributed by atoms with Crippen molar-refractivity contribution < 1.29 is 9.21 Å². The van der Waals surface area contributed by atoms with Gasteiger partial charge in [-0.3, -0.25) is 4.79 Å². The van der Waals surface area contributed by atoms with Gasteiger partial charge >= 0.3 is 0 Å². The van der Waals surface area contributed by atoms with Crippen LogP contribution in [0.15, 0.2) is 71.3 Å². The Balaban J connectivity index is 1.75. The number of carbonyl (C=O) groups excluding carboxylic acids is 1. The second kappa shape index (κ2) is 7.19. The van der Waals surface area contributed by atoms with E-state index in [9.17, 15) is 4.79 Å². The van der Waals surface area contributed by atoms with Crippen LogP contribution in [0.3, 0.4) is 0 Å². The first-order chi connectivity index (χ1) is 13.5. The lowest BCUT2D eigenvalue weighted by atomic mass is 10.1. The molecule has 5 heteroatoms. The summed E-state index contributed by atoms with van der Waals surface area (Å²) in [6.07, 6.45) is 1.59. The van der Waals surface area contributed by atoms with E-state index in [2.05, 4.69) is 10.4 Å². The van der Waals surface area contributed by atoms with Gasteiger partial charge in [0.15, 0.2) is 5.76 Å². The van der Waals surface area contributed by atoms with Crippen LogP contribution in [-0.2, 0) is 0 Å². The lowest BCUT2D eigenvalue weighted by molar-refractivity contribution is 0.101. The Morgan fingerprint density at radius 2 is 1.82 bits per heavy atom. The van der Waals surface area contributed by atoms with Gasteiger partial charge < -0.3 is 9.73 Å². The number of aromatic nitrogens is 2. The number of aryl methyl sites for hydroxylation is 3. The lowest BCUT2D eigenvalue weighted by Crippen LogP contribution is -2.17. The largest absolute Gasteiger partial charge is 0.463 e. The number of rotatable bonds is 4. The van der Waals surface area contributed by atoms with Crippen LogP contribution >= 0.6 is 0 Å². The van der Waals surface area contributed by atoms with Crippen molar-refractivity contribution in [1.29, 1.82) is 0 Å². The molecule has 0 unspecified atom stereocenters. The number of hydrogen-bond acceptors (Lipinski definition) is 3. The van der Waals surface area contributed by atoms with Gasteiger partial charge in [0.25, 0.3) is 5.91 Å². The molecule has 0 aliphatic rings. The standard InChI is InChI=1S/C23H21N3O2/c1-15-6-4-7-19(12-15)26-21(14-20(25-26)22-8-5-11-28-22)23(27)24-18-10-9-16(2)17(3)13-18/h4-14H,1-3H3,(H,24,27). The quantitative estimate of drug-likeness (QED) is 0.529. The summed E-state index contributed by atoms with van der Waals surface area (Å²) >= 11 is 0. The molecule has 4 rings (SSSR count). The summed E-state index contributed by atoms with van der Waals surface area (Å²) in [7, 11) is 0. The molecule has 0 bridgehead atoms. The highest BCUT2D eigenvalue weighted by Gasteiger charge is 2.19. The van der Waals surface area contributed by atoms with Crippen LogP contribution in [0.1, 0.15) is 27.2 Å². The van der Waals surface area contributed by atoms with Gasteiger partial charge in [0.2, 0.25) is 0 Å². The number of hydrogen-bond donors (Lipinski definition) is 1. The average Bonchev–Trinajstić information content (AvgIpc) is 3.34. The molecular weight excluding hydrogens is 350 g/mol. The van der Waals surface area contributed by atoms with Crippen molar-refractivity contribution in [3.8, 4) is 17.1 Å². The maximum absolute atomic E-state index is 13.1. The zero-order chi connectivity index (χ0) is 19.7. The van der Waals surface area contributed by atoms with Crippen molar-refractivity contribution in [2.45, 2.75) is 20.8 Å². The number of amides is 1. The van der Waals surface area contributed by atoms with E-state index in [0.717, 1.165) is 22.5 Å². The highest BCUT2D eigenvalue weighted by atomic mass is 16.3. The van der Waals surface area contributed by atoms with Crippen molar-refractivity contribution in [1.82, 2.24) is 9.78 Å². The van der Waals surface area contributed by atoms with Gasteiger partial charge in [-0.15, -0.1) is 0 Å². The SMILES string of the molecule is Cc1cccc(-n2nc(-c3ccco3)cc2C(=O)Nc2ccc(C)c(C)c2)c1. The van der Waals surface area contributed by atoms with Gasteiger partial charge in [0.05, 0.1) is 12.0 Å². The van der Waals surface area contributed by atoms with E-state index >= 15 is 0 Å². The molecule has 0 atom stereocenters. The van der Waals surface area contributed by atoms with Gasteiger partial charge in [-0.1, -0.05) is 18.2 Å². The molecule has 0 radical (unpaired) electrons. The molecule has 0 saturated carbocycles. The Kier molecular flexibility index (Phi) is 4.57. The predicted molar refractivity (Wildman–Crippen MR) is 110 cm³/mol. The highest BCUT2D eigenvalue weighted by Crippen LogP contribution is 2.24. The van der Waals surface area contributed by atoms with Gasteiger partial charge in [-0.25, -0.2) is 4.68 Å². The van der Waals surface area contributed by atoms with Gasteiger partial charge in [-0.05, 0) is 73.9 Å². The number of benzene rings is 2. The predicted octanol–water partition coefficient (Wildman–Crippen LogP) is 5.31. The highest BCUT2D eigenvalue weighted by molar-refractivity contribution is 6.04. The van der Waals surface area contributed by atoms with E-state index in [-0.39, 0.29) is 5.91 Å². The molecule has 28 heavy (non-hydrogen) atoms. The van der Waals surface area contributed by atoms with E-state index in [4.69, 9.17) is 4.42 Å². The van der Waals surface area contributed by atoms with Gasteiger partial charge in [0, 0.05) is 11.8 Å². The maximum atomic E-state index is 13.1. The number of carbonyl (C=O) groups is 1. The fraction of sp³-hybridized carbons (Fsp3) is 0.130. The van der Waals surface area contributed by atoms with Crippen LogP contribution in [0.2, 0.25) is 0 Å². The molecule has 2 aromatic carbocycles. The van der Waals surface area contributed by atoms with Crippen LogP contribution < -0.4 is 5.32 Å². The average molecular weight is 371 g/mol. The van der Waals surface area contributed by atoms with E-state index in [0.29, 0.717) is 17.1 Å². The summed E-state index contributed by atoms with van der Waals surface area (Å²) in [5, 5.41) is 7.60. The van der Waals surface area contributed by atoms with Gasteiger partial charge in [-0.2, -0.15) is 5.10 Å². The van der Waals surface area contributed by atoms with Gasteiger partial charge in [0.1, 0.15) is 11.4 Å². The minimum atomic E-state index is -0.227. The summed E-state index contributed by atoms with van der Waals surface area (Å²) in [5.41, 5.74) is 6.02. The Morgan fingerprint density at radius 3 is 2.54 bits per heavy atom. The lowest BCUT2D eigenvalue weighted by Gasteiger charge is -2.10. The smallest absolute Gasteiger partial charge is 0.274 e. The molecular formula is C23H21N3O2. The Hall–Kier alpha value is -3.60. The normalized spacial score (nSPS) is 10.8. The van der Waals surface area contributed by atoms with Crippen LogP contribution in [0.25, 0.3) is 17.1 Å². The van der Waals surface area contributed by atoms with Crippen molar-refractivity contribution in [3.63, 3.8) is 0 Å². The van der Waals surface area contributed by atoms with Crippen LogP contribution in [-0.4, -0.2) is 15.7 Å². The first kappa shape index (κ1) is 17.8. The number of anilines is 1. The minimum Gasteiger partial charge on any atom is -0.463 e. The third-order valence-corrected chi connectivity index (χ3v) is 4.73. The zero-order valence-electron chi connectivity index (χ0n) is 16.1. The van der Waals surface area contributed by atoms with Crippen molar-refractivity contribution in [2.75, 3.05) is 5.32 Å². The Labute approximate surface area is 163 Å². The summed E-state index contributed by atoms with van der Waals surface area (Å²) in [5.74, 6) is 0.390. The minimum absolute atomic E-state index is 0.227. The topological polar surface area (TPSA) is 60.1 Å². The first-order valence-electron chi connectivity index (χ1n) is 9.11. The molecule has 0 aliphatic heterocycles. The molecule has 1 amide bonds. The molecule has 140 valence electrons. The number of furan rings is 1. The van der Waals surface area contributed by atoms with Crippen LogP contribution in [0.5, 0.6) is 0 Å². The summed E-state index contributed by atoms with van der Waals surface area (Å²) in [4.78, 5) is 13.1. The van der Waals surface area contributed by atoms with E-state index < -0.39 is 0 Å². The second-order valence-corrected chi connectivity index (χ2v) is 6.90. The number of nitrogens with one attached hydrogen (secondary N) is 1. The third-order valence-electron chi connectivity index (χ3n) is 4.73.